The minimum absolute atomic E-state index is 0.129. The molecule has 0 aliphatic carbocycles. The highest BCUT2D eigenvalue weighted by Crippen LogP contribution is 2.27. The lowest BCUT2D eigenvalue weighted by molar-refractivity contribution is 0.0952. The van der Waals surface area contributed by atoms with Crippen LogP contribution in [0.15, 0.2) is 77.5 Å². The maximum absolute atomic E-state index is 13.1. The van der Waals surface area contributed by atoms with Crippen molar-refractivity contribution in [3.8, 4) is 11.3 Å². The van der Waals surface area contributed by atoms with Gasteiger partial charge in [-0.15, -0.1) is 0 Å². The first-order valence-corrected chi connectivity index (χ1v) is 11.3. The van der Waals surface area contributed by atoms with Crippen LogP contribution in [0.5, 0.6) is 0 Å². The molecule has 0 spiro atoms. The molecule has 0 bridgehead atoms. The molecule has 5 heteroatoms. The van der Waals surface area contributed by atoms with Crippen molar-refractivity contribution in [1.29, 1.82) is 0 Å². The van der Waals surface area contributed by atoms with Gasteiger partial charge in [0.15, 0.2) is 0 Å². The van der Waals surface area contributed by atoms with E-state index in [-0.39, 0.29) is 5.91 Å². The number of nitrogens with one attached hydrogen (secondary N) is 1. The van der Waals surface area contributed by atoms with Crippen molar-refractivity contribution in [1.82, 2.24) is 15.3 Å². The highest BCUT2D eigenvalue weighted by atomic mass is 79.9. The third kappa shape index (κ3) is 5.17. The number of benzene rings is 2. The molecule has 0 saturated heterocycles. The molecule has 0 unspecified atom stereocenters. The third-order valence-electron chi connectivity index (χ3n) is 5.26. The standard InChI is InChI=1S/C26H24BrN3O/c1-2-3-5-18-7-9-20(10-8-18)25-15-23(22-14-21(27)11-12-24(22)30-25)26(31)29-17-19-6-4-13-28-16-19/h4,6-16H,2-3,5,17H2,1H3,(H,29,31). The number of nitrogens with zero attached hydrogens (tertiary/aromatic N) is 2. The second-order valence-corrected chi connectivity index (χ2v) is 8.48. The van der Waals surface area contributed by atoms with E-state index in [0.717, 1.165) is 38.6 Å². The van der Waals surface area contributed by atoms with E-state index >= 15 is 0 Å². The lowest BCUT2D eigenvalue weighted by atomic mass is 10.0. The summed E-state index contributed by atoms with van der Waals surface area (Å²) in [5.41, 5.74) is 5.49. The predicted octanol–water partition coefficient (Wildman–Crippen LogP) is 6.33. The van der Waals surface area contributed by atoms with Crippen LogP contribution in [0.4, 0.5) is 0 Å². The van der Waals surface area contributed by atoms with E-state index in [0.29, 0.717) is 12.1 Å². The first-order valence-electron chi connectivity index (χ1n) is 10.5. The number of halogens is 1. The molecule has 0 radical (unpaired) electrons. The van der Waals surface area contributed by atoms with Crippen molar-refractivity contribution in [3.63, 3.8) is 0 Å². The molecule has 4 rings (SSSR count). The molecule has 31 heavy (non-hydrogen) atoms. The van der Waals surface area contributed by atoms with Crippen molar-refractivity contribution >= 4 is 32.7 Å². The average Bonchev–Trinajstić information content (AvgIpc) is 2.81. The van der Waals surface area contributed by atoms with Crippen LogP contribution < -0.4 is 5.32 Å². The summed E-state index contributed by atoms with van der Waals surface area (Å²) in [6.45, 7) is 2.62. The summed E-state index contributed by atoms with van der Waals surface area (Å²) in [5.74, 6) is -0.129. The van der Waals surface area contributed by atoms with Crippen LogP contribution in [-0.4, -0.2) is 15.9 Å². The molecule has 4 aromatic rings. The smallest absolute Gasteiger partial charge is 0.252 e. The summed E-state index contributed by atoms with van der Waals surface area (Å²) >= 11 is 3.52. The van der Waals surface area contributed by atoms with Gasteiger partial charge in [0.05, 0.1) is 16.8 Å². The molecule has 156 valence electrons. The van der Waals surface area contributed by atoms with Gasteiger partial charge in [-0.3, -0.25) is 9.78 Å². The Kier molecular flexibility index (Phi) is 6.73. The lowest BCUT2D eigenvalue weighted by Crippen LogP contribution is -2.23. The summed E-state index contributed by atoms with van der Waals surface area (Å²) in [6, 6.07) is 20.0. The molecule has 2 aromatic heterocycles. The number of carbonyl (C=O) groups is 1. The van der Waals surface area contributed by atoms with Crippen LogP contribution in [0, 0.1) is 0 Å². The lowest BCUT2D eigenvalue weighted by Gasteiger charge is -2.12. The highest BCUT2D eigenvalue weighted by molar-refractivity contribution is 9.10. The van der Waals surface area contributed by atoms with Gasteiger partial charge in [0.2, 0.25) is 0 Å². The number of aryl methyl sites for hydroxylation is 1. The van der Waals surface area contributed by atoms with E-state index in [9.17, 15) is 4.79 Å². The van der Waals surface area contributed by atoms with Gasteiger partial charge >= 0.3 is 0 Å². The Morgan fingerprint density at radius 2 is 1.87 bits per heavy atom. The largest absolute Gasteiger partial charge is 0.348 e. The average molecular weight is 474 g/mol. The van der Waals surface area contributed by atoms with Crippen LogP contribution >= 0.6 is 15.9 Å². The number of fused-ring (bicyclic) bond motifs is 1. The van der Waals surface area contributed by atoms with Crippen molar-refractivity contribution in [2.24, 2.45) is 0 Å². The molecule has 1 amide bonds. The Labute approximate surface area is 190 Å². The van der Waals surface area contributed by atoms with E-state index in [1.54, 1.807) is 12.4 Å². The minimum atomic E-state index is -0.129. The highest BCUT2D eigenvalue weighted by Gasteiger charge is 2.14. The molecule has 0 fully saturated rings. The van der Waals surface area contributed by atoms with Crippen LogP contribution in [0.1, 0.15) is 41.3 Å². The van der Waals surface area contributed by atoms with Crippen LogP contribution in [-0.2, 0) is 13.0 Å². The number of hydrogen-bond donors (Lipinski definition) is 1. The van der Waals surface area contributed by atoms with E-state index in [1.807, 2.05) is 36.4 Å². The number of carbonyl (C=O) groups excluding carboxylic acids is 1. The molecule has 0 aliphatic rings. The summed E-state index contributed by atoms with van der Waals surface area (Å²) in [6.07, 6.45) is 6.93. The maximum atomic E-state index is 13.1. The molecule has 0 atom stereocenters. The van der Waals surface area contributed by atoms with Gasteiger partial charge < -0.3 is 5.32 Å². The van der Waals surface area contributed by atoms with E-state index in [1.165, 1.54) is 18.4 Å². The van der Waals surface area contributed by atoms with Gasteiger partial charge in [0.25, 0.3) is 5.91 Å². The molecule has 1 N–H and O–H groups in total. The van der Waals surface area contributed by atoms with E-state index < -0.39 is 0 Å². The summed E-state index contributed by atoms with van der Waals surface area (Å²) in [7, 11) is 0. The Hall–Kier alpha value is -3.05. The molecular formula is C26H24BrN3O. The summed E-state index contributed by atoms with van der Waals surface area (Å²) < 4.78 is 0.913. The predicted molar refractivity (Wildman–Crippen MR) is 129 cm³/mol. The van der Waals surface area contributed by atoms with E-state index in [4.69, 9.17) is 4.98 Å². The summed E-state index contributed by atoms with van der Waals surface area (Å²) in [4.78, 5) is 22.1. The fourth-order valence-corrected chi connectivity index (χ4v) is 3.90. The van der Waals surface area contributed by atoms with Crippen molar-refractivity contribution in [2.75, 3.05) is 0 Å². The first-order chi connectivity index (χ1) is 15.1. The van der Waals surface area contributed by atoms with Gasteiger partial charge in [-0.25, -0.2) is 4.98 Å². The third-order valence-corrected chi connectivity index (χ3v) is 5.75. The number of unbranched alkanes of at least 4 members (excludes halogenated alkanes) is 1. The molecule has 0 saturated carbocycles. The minimum Gasteiger partial charge on any atom is -0.348 e. The van der Waals surface area contributed by atoms with Crippen LogP contribution in [0.3, 0.4) is 0 Å². The molecule has 2 aromatic carbocycles. The number of hydrogen-bond acceptors (Lipinski definition) is 3. The monoisotopic (exact) mass is 473 g/mol. The van der Waals surface area contributed by atoms with E-state index in [2.05, 4.69) is 57.4 Å². The zero-order chi connectivity index (χ0) is 21.6. The number of pyridine rings is 2. The zero-order valence-corrected chi connectivity index (χ0v) is 19.0. The van der Waals surface area contributed by atoms with Crippen LogP contribution in [0.2, 0.25) is 0 Å². The maximum Gasteiger partial charge on any atom is 0.252 e. The molecule has 2 heterocycles. The van der Waals surface area contributed by atoms with Gasteiger partial charge in [-0.1, -0.05) is 59.6 Å². The van der Waals surface area contributed by atoms with Gasteiger partial charge in [0.1, 0.15) is 0 Å². The van der Waals surface area contributed by atoms with Crippen LogP contribution in [0.25, 0.3) is 22.2 Å². The number of amides is 1. The van der Waals surface area contributed by atoms with Crippen molar-refractivity contribution in [3.05, 3.63) is 94.2 Å². The topological polar surface area (TPSA) is 54.9 Å². The fourth-order valence-electron chi connectivity index (χ4n) is 3.54. The quantitative estimate of drug-likeness (QED) is 0.341. The van der Waals surface area contributed by atoms with Gasteiger partial charge in [-0.05, 0) is 54.3 Å². The normalized spacial score (nSPS) is 10.9. The summed E-state index contributed by atoms with van der Waals surface area (Å²) in [5, 5.41) is 3.84. The van der Waals surface area contributed by atoms with Crippen molar-refractivity contribution in [2.45, 2.75) is 32.7 Å². The van der Waals surface area contributed by atoms with Gasteiger partial charge in [0, 0.05) is 34.4 Å². The number of aromatic nitrogens is 2. The molecular weight excluding hydrogens is 450 g/mol. The second-order valence-electron chi connectivity index (χ2n) is 7.56. The Morgan fingerprint density at radius 1 is 1.03 bits per heavy atom. The Morgan fingerprint density at radius 3 is 2.61 bits per heavy atom. The van der Waals surface area contributed by atoms with Crippen molar-refractivity contribution < 1.29 is 4.79 Å². The Balaban J connectivity index is 1.68. The SMILES string of the molecule is CCCCc1ccc(-c2cc(C(=O)NCc3cccnc3)c3cc(Br)ccc3n2)cc1. The number of rotatable bonds is 7. The molecule has 4 nitrogen and oxygen atoms in total. The van der Waals surface area contributed by atoms with Gasteiger partial charge in [-0.2, -0.15) is 0 Å². The second kappa shape index (κ2) is 9.84. The fraction of sp³-hybridized carbons (Fsp3) is 0.192. The Bertz CT molecular complexity index is 1190. The first kappa shape index (κ1) is 21.2. The molecule has 0 aliphatic heterocycles. The zero-order valence-electron chi connectivity index (χ0n) is 17.4.